The molecule has 0 aliphatic carbocycles. The largest absolute Gasteiger partial charge is 0.506 e. The van der Waals surface area contributed by atoms with Crippen LogP contribution in [0.4, 0.5) is 0 Å². The van der Waals surface area contributed by atoms with Crippen LogP contribution in [-0.4, -0.2) is 24.8 Å². The van der Waals surface area contributed by atoms with Crippen molar-refractivity contribution in [1.82, 2.24) is 0 Å². The third kappa shape index (κ3) is 3.13. The Kier molecular flexibility index (Phi) is 4.71. The summed E-state index contributed by atoms with van der Waals surface area (Å²) in [6.45, 7) is 6.43. The van der Waals surface area contributed by atoms with E-state index in [0.717, 1.165) is 34.5 Å². The first-order chi connectivity index (χ1) is 11.1. The number of H-pyrrole nitrogens is 1. The van der Waals surface area contributed by atoms with Gasteiger partial charge in [0.05, 0.1) is 25.1 Å². The van der Waals surface area contributed by atoms with Gasteiger partial charge >= 0.3 is 0 Å². The fourth-order valence-corrected chi connectivity index (χ4v) is 3.89. The van der Waals surface area contributed by atoms with Crippen molar-refractivity contribution < 1.29 is 19.7 Å². The van der Waals surface area contributed by atoms with Crippen molar-refractivity contribution in [1.29, 1.82) is 0 Å². The Hall–Kier alpha value is -1.81. The zero-order valence-electron chi connectivity index (χ0n) is 14.4. The summed E-state index contributed by atoms with van der Waals surface area (Å²) in [6, 6.07) is 6.50. The minimum atomic E-state index is 0.406. The summed E-state index contributed by atoms with van der Waals surface area (Å²) in [7, 11) is 1.65. The Morgan fingerprint density at radius 2 is 2.17 bits per heavy atom. The molecule has 1 saturated heterocycles. The summed E-state index contributed by atoms with van der Waals surface area (Å²) in [5.74, 6) is 1.18. The maximum atomic E-state index is 10.9. The molecule has 3 N–H and O–H groups in total. The Labute approximate surface area is 138 Å². The lowest BCUT2D eigenvalue weighted by atomic mass is 9.98. The summed E-state index contributed by atoms with van der Waals surface area (Å²) < 4.78 is 5.30. The molecule has 0 spiro atoms. The third-order valence-corrected chi connectivity index (χ3v) is 5.32. The molecule has 2 aromatic rings. The fourth-order valence-electron chi connectivity index (χ4n) is 3.89. The molecule has 0 bridgehead atoms. The smallest absolute Gasteiger partial charge is 0.215 e. The van der Waals surface area contributed by atoms with Crippen LogP contribution < -0.4 is 14.6 Å². The van der Waals surface area contributed by atoms with Gasteiger partial charge in [-0.05, 0) is 37.8 Å². The maximum Gasteiger partial charge on any atom is 0.215 e. The van der Waals surface area contributed by atoms with Gasteiger partial charge in [0.25, 0.3) is 0 Å². The average Bonchev–Trinajstić information content (AvgIpc) is 2.58. The van der Waals surface area contributed by atoms with Gasteiger partial charge in [0.15, 0.2) is 5.69 Å². The number of methoxy groups -OCH3 is 1. The van der Waals surface area contributed by atoms with Gasteiger partial charge in [-0.2, -0.15) is 0 Å². The number of hydrogen-bond acceptors (Lipinski definition) is 2. The van der Waals surface area contributed by atoms with Crippen molar-refractivity contribution in [3.8, 4) is 11.5 Å². The summed E-state index contributed by atoms with van der Waals surface area (Å²) >= 11 is 0. The number of hydrogen-bond donors (Lipinski definition) is 2. The maximum absolute atomic E-state index is 10.9. The molecule has 4 nitrogen and oxygen atoms in total. The van der Waals surface area contributed by atoms with Crippen LogP contribution in [0.1, 0.15) is 43.9 Å². The molecular formula is C19H28N2O2+2. The molecule has 4 heteroatoms. The Morgan fingerprint density at radius 1 is 1.35 bits per heavy atom. The first kappa shape index (κ1) is 16.1. The molecule has 3 rings (SSSR count). The lowest BCUT2D eigenvalue weighted by Gasteiger charge is -2.32. The lowest BCUT2D eigenvalue weighted by molar-refractivity contribution is -0.944. The van der Waals surface area contributed by atoms with Crippen molar-refractivity contribution in [2.45, 2.75) is 52.1 Å². The second-order valence-electron chi connectivity index (χ2n) is 6.67. The zero-order chi connectivity index (χ0) is 16.4. The summed E-state index contributed by atoms with van der Waals surface area (Å²) in [5.41, 5.74) is 3.06. The second kappa shape index (κ2) is 6.75. The van der Waals surface area contributed by atoms with Gasteiger partial charge in [-0.1, -0.05) is 6.92 Å². The van der Waals surface area contributed by atoms with E-state index in [-0.39, 0.29) is 0 Å². The van der Waals surface area contributed by atoms with Crippen molar-refractivity contribution in [3.63, 3.8) is 0 Å². The number of aromatic amines is 1. The van der Waals surface area contributed by atoms with E-state index < -0.39 is 0 Å². The first-order valence-electron chi connectivity index (χ1n) is 8.70. The minimum Gasteiger partial charge on any atom is -0.506 e. The highest BCUT2D eigenvalue weighted by molar-refractivity contribution is 5.84. The number of pyridine rings is 1. The van der Waals surface area contributed by atoms with E-state index in [1.807, 2.05) is 18.2 Å². The van der Waals surface area contributed by atoms with E-state index in [1.54, 1.807) is 12.0 Å². The number of aryl methyl sites for hydroxylation is 1. The summed E-state index contributed by atoms with van der Waals surface area (Å²) in [6.07, 6.45) is 5.14. The predicted molar refractivity (Wildman–Crippen MR) is 90.9 cm³/mol. The molecule has 1 aromatic carbocycles. The number of benzene rings is 1. The highest BCUT2D eigenvalue weighted by Gasteiger charge is 2.28. The molecule has 23 heavy (non-hydrogen) atoms. The molecule has 0 radical (unpaired) electrons. The molecule has 1 fully saturated rings. The molecular weight excluding hydrogens is 288 g/mol. The van der Waals surface area contributed by atoms with Crippen LogP contribution in [0.5, 0.6) is 11.5 Å². The number of aromatic nitrogens is 1. The predicted octanol–water partition coefficient (Wildman–Crippen LogP) is 2.02. The zero-order valence-corrected chi connectivity index (χ0v) is 14.4. The first-order valence-corrected chi connectivity index (χ1v) is 8.70. The van der Waals surface area contributed by atoms with Gasteiger partial charge in [-0.25, -0.2) is 4.98 Å². The number of fused-ring (bicyclic) bond motifs is 1. The number of nitrogens with one attached hydrogen (secondary N) is 2. The van der Waals surface area contributed by atoms with Crippen LogP contribution in [0.15, 0.2) is 18.2 Å². The van der Waals surface area contributed by atoms with E-state index in [9.17, 15) is 5.11 Å². The number of quaternary nitrogens is 1. The topological polar surface area (TPSA) is 48.0 Å². The van der Waals surface area contributed by atoms with E-state index in [1.165, 1.54) is 32.2 Å². The van der Waals surface area contributed by atoms with Gasteiger partial charge in [0, 0.05) is 13.0 Å². The number of piperidine rings is 1. The second-order valence-corrected chi connectivity index (χ2v) is 6.67. The quantitative estimate of drug-likeness (QED) is 0.907. The number of rotatable bonds is 4. The van der Waals surface area contributed by atoms with Gasteiger partial charge in [0.2, 0.25) is 5.52 Å². The number of likely N-dealkylation sites (tertiary alicyclic amines) is 1. The normalized spacial score (nSPS) is 21.5. The van der Waals surface area contributed by atoms with E-state index in [0.29, 0.717) is 11.8 Å². The van der Waals surface area contributed by atoms with E-state index >= 15 is 0 Å². The van der Waals surface area contributed by atoms with Gasteiger partial charge < -0.3 is 14.7 Å². The van der Waals surface area contributed by atoms with Crippen molar-refractivity contribution in [3.05, 3.63) is 29.5 Å². The molecule has 124 valence electrons. The minimum absolute atomic E-state index is 0.406. The van der Waals surface area contributed by atoms with Crippen LogP contribution in [-0.2, 0) is 6.54 Å². The Morgan fingerprint density at radius 3 is 2.91 bits per heavy atom. The molecule has 2 heterocycles. The summed E-state index contributed by atoms with van der Waals surface area (Å²) in [4.78, 5) is 5.05. The van der Waals surface area contributed by atoms with Crippen molar-refractivity contribution >= 4 is 10.9 Å². The van der Waals surface area contributed by atoms with Gasteiger partial charge in [0.1, 0.15) is 23.6 Å². The SMILES string of the molecule is CCC1CCCC[NH+]1Cc1c(C)[nH+]c2ccc(OC)cc2c1O. The summed E-state index contributed by atoms with van der Waals surface area (Å²) in [5, 5.41) is 11.7. The molecule has 1 aliphatic heterocycles. The third-order valence-electron chi connectivity index (χ3n) is 5.32. The average molecular weight is 316 g/mol. The van der Waals surface area contributed by atoms with Crippen LogP contribution in [0.25, 0.3) is 10.9 Å². The van der Waals surface area contributed by atoms with E-state index in [4.69, 9.17) is 4.74 Å². The lowest BCUT2D eigenvalue weighted by Crippen LogP contribution is -3.15. The highest BCUT2D eigenvalue weighted by Crippen LogP contribution is 2.30. The van der Waals surface area contributed by atoms with Gasteiger partial charge in [-0.3, -0.25) is 0 Å². The fraction of sp³-hybridized carbons (Fsp3) is 0.526. The molecule has 0 amide bonds. The standard InChI is InChI=1S/C19H26N2O2/c1-4-14-7-5-6-10-21(14)12-17-13(2)20-18-9-8-15(23-3)11-16(18)19(17)22/h8-9,11,14H,4-7,10,12H2,1-3H3,(H,20,22)/p+2. The molecule has 2 unspecified atom stereocenters. The van der Waals surface area contributed by atoms with Crippen LogP contribution in [0.3, 0.4) is 0 Å². The van der Waals surface area contributed by atoms with Gasteiger partial charge in [-0.15, -0.1) is 0 Å². The van der Waals surface area contributed by atoms with Crippen molar-refractivity contribution in [2.24, 2.45) is 0 Å². The Bertz CT molecular complexity index is 699. The van der Waals surface area contributed by atoms with Crippen molar-refractivity contribution in [2.75, 3.05) is 13.7 Å². The van der Waals surface area contributed by atoms with Crippen LogP contribution in [0.2, 0.25) is 0 Å². The molecule has 0 saturated carbocycles. The number of ether oxygens (including phenoxy) is 1. The molecule has 1 aliphatic rings. The molecule has 2 atom stereocenters. The monoisotopic (exact) mass is 316 g/mol. The number of aromatic hydroxyl groups is 1. The Balaban J connectivity index is 1.99. The van der Waals surface area contributed by atoms with Crippen LogP contribution in [0, 0.1) is 6.92 Å². The molecule has 1 aromatic heterocycles. The van der Waals surface area contributed by atoms with E-state index in [2.05, 4.69) is 18.8 Å². The van der Waals surface area contributed by atoms with Crippen LogP contribution >= 0.6 is 0 Å². The highest BCUT2D eigenvalue weighted by atomic mass is 16.5.